The lowest BCUT2D eigenvalue weighted by Gasteiger charge is -2.31. The summed E-state index contributed by atoms with van der Waals surface area (Å²) in [6.45, 7) is 5.35. The Balaban J connectivity index is 1.97. The molecule has 3 heteroatoms. The number of rotatable bonds is 5. The van der Waals surface area contributed by atoms with Gasteiger partial charge in [-0.3, -0.25) is 4.79 Å². The van der Waals surface area contributed by atoms with Crippen molar-refractivity contribution < 1.29 is 4.79 Å². The maximum atomic E-state index is 12.2. The van der Waals surface area contributed by atoms with Crippen LogP contribution in [-0.4, -0.2) is 12.5 Å². The summed E-state index contributed by atoms with van der Waals surface area (Å²) < 4.78 is 0. The molecule has 1 aliphatic carbocycles. The van der Waals surface area contributed by atoms with Gasteiger partial charge in [0.25, 0.3) is 5.91 Å². The average Bonchev–Trinajstić information content (AvgIpc) is 2.84. The number of amides is 1. The van der Waals surface area contributed by atoms with Gasteiger partial charge in [-0.25, -0.2) is 0 Å². The highest BCUT2D eigenvalue weighted by molar-refractivity contribution is 7.80. The summed E-state index contributed by atoms with van der Waals surface area (Å²) >= 11 is 4.29. The van der Waals surface area contributed by atoms with Crippen LogP contribution >= 0.6 is 12.6 Å². The van der Waals surface area contributed by atoms with Crippen LogP contribution in [-0.2, 0) is 0 Å². The van der Waals surface area contributed by atoms with Crippen molar-refractivity contribution in [3.05, 3.63) is 29.8 Å². The largest absolute Gasteiger partial charge is 0.351 e. The molecule has 0 heterocycles. The normalized spacial score (nSPS) is 17.4. The predicted octanol–water partition coefficient (Wildman–Crippen LogP) is 4.31. The quantitative estimate of drug-likeness (QED) is 0.778. The highest BCUT2D eigenvalue weighted by Gasteiger charge is 2.34. The summed E-state index contributed by atoms with van der Waals surface area (Å²) in [6.07, 6.45) is 6.31. The first-order chi connectivity index (χ1) is 9.51. The zero-order valence-electron chi connectivity index (χ0n) is 12.5. The highest BCUT2D eigenvalue weighted by Crippen LogP contribution is 2.42. The molecule has 1 N–H and O–H groups in total. The first-order valence-corrected chi connectivity index (χ1v) is 8.03. The van der Waals surface area contributed by atoms with Crippen LogP contribution in [0.5, 0.6) is 0 Å². The Morgan fingerprint density at radius 1 is 1.35 bits per heavy atom. The van der Waals surface area contributed by atoms with Crippen LogP contribution in [0.3, 0.4) is 0 Å². The molecule has 0 aromatic heterocycles. The molecule has 0 radical (unpaired) electrons. The van der Waals surface area contributed by atoms with E-state index in [-0.39, 0.29) is 5.91 Å². The molecule has 1 aromatic rings. The zero-order valence-corrected chi connectivity index (χ0v) is 13.4. The predicted molar refractivity (Wildman–Crippen MR) is 86.4 cm³/mol. The summed E-state index contributed by atoms with van der Waals surface area (Å²) in [7, 11) is 0. The molecule has 1 amide bonds. The van der Waals surface area contributed by atoms with Gasteiger partial charge in [0.2, 0.25) is 0 Å². The Hall–Kier alpha value is -0.960. The minimum absolute atomic E-state index is 0.0240. The molecule has 2 nitrogen and oxygen atoms in total. The molecule has 1 aromatic carbocycles. The van der Waals surface area contributed by atoms with E-state index in [1.807, 2.05) is 24.3 Å². The van der Waals surface area contributed by atoms with E-state index in [4.69, 9.17) is 0 Å². The third kappa shape index (κ3) is 4.02. The van der Waals surface area contributed by atoms with Crippen molar-refractivity contribution in [2.75, 3.05) is 6.54 Å². The molecule has 110 valence electrons. The maximum absolute atomic E-state index is 12.2. The summed E-state index contributed by atoms with van der Waals surface area (Å²) in [5, 5.41) is 3.14. The lowest BCUT2D eigenvalue weighted by molar-refractivity contribution is 0.0921. The van der Waals surface area contributed by atoms with E-state index >= 15 is 0 Å². The molecule has 0 spiro atoms. The van der Waals surface area contributed by atoms with Gasteiger partial charge in [0.15, 0.2) is 0 Å². The van der Waals surface area contributed by atoms with Crippen molar-refractivity contribution in [2.24, 2.45) is 11.3 Å². The van der Waals surface area contributed by atoms with Crippen molar-refractivity contribution >= 4 is 18.5 Å². The van der Waals surface area contributed by atoms with Gasteiger partial charge in [0, 0.05) is 17.0 Å². The SMILES string of the molecule is CC(C)CC1(CNC(=O)c2cccc(S)c2)CCCC1. The number of carbonyl (C=O) groups excluding carboxylic acids is 1. The number of carbonyl (C=O) groups is 1. The smallest absolute Gasteiger partial charge is 0.251 e. The molecule has 1 aliphatic rings. The van der Waals surface area contributed by atoms with Crippen LogP contribution < -0.4 is 5.32 Å². The van der Waals surface area contributed by atoms with E-state index in [1.54, 1.807) is 0 Å². The van der Waals surface area contributed by atoms with Gasteiger partial charge in [0.1, 0.15) is 0 Å². The lowest BCUT2D eigenvalue weighted by atomic mass is 9.78. The van der Waals surface area contributed by atoms with Crippen LogP contribution in [0.1, 0.15) is 56.3 Å². The number of benzene rings is 1. The summed E-state index contributed by atoms with van der Waals surface area (Å²) in [4.78, 5) is 13.1. The van der Waals surface area contributed by atoms with Crippen LogP contribution in [0.25, 0.3) is 0 Å². The van der Waals surface area contributed by atoms with E-state index in [1.165, 1.54) is 32.1 Å². The molecule has 0 unspecified atom stereocenters. The molecule has 20 heavy (non-hydrogen) atoms. The van der Waals surface area contributed by atoms with E-state index in [0.29, 0.717) is 16.9 Å². The second-order valence-corrected chi connectivity index (χ2v) is 7.05. The van der Waals surface area contributed by atoms with Gasteiger partial charge in [-0.1, -0.05) is 32.8 Å². The topological polar surface area (TPSA) is 29.1 Å². The Morgan fingerprint density at radius 3 is 2.65 bits per heavy atom. The Labute approximate surface area is 127 Å². The van der Waals surface area contributed by atoms with Gasteiger partial charge in [-0.15, -0.1) is 12.6 Å². The minimum Gasteiger partial charge on any atom is -0.351 e. The molecular formula is C17H25NOS. The van der Waals surface area contributed by atoms with Gasteiger partial charge >= 0.3 is 0 Å². The molecule has 0 saturated heterocycles. The fraction of sp³-hybridized carbons (Fsp3) is 0.588. The molecular weight excluding hydrogens is 266 g/mol. The van der Waals surface area contributed by atoms with Crippen molar-refractivity contribution in [3.8, 4) is 0 Å². The lowest BCUT2D eigenvalue weighted by Crippen LogP contribution is -2.36. The van der Waals surface area contributed by atoms with E-state index in [0.717, 1.165) is 11.4 Å². The molecule has 2 rings (SSSR count). The van der Waals surface area contributed by atoms with Crippen molar-refractivity contribution in [3.63, 3.8) is 0 Å². The maximum Gasteiger partial charge on any atom is 0.251 e. The van der Waals surface area contributed by atoms with Gasteiger partial charge < -0.3 is 5.32 Å². The van der Waals surface area contributed by atoms with E-state index < -0.39 is 0 Å². The van der Waals surface area contributed by atoms with Crippen LogP contribution in [0, 0.1) is 11.3 Å². The van der Waals surface area contributed by atoms with Gasteiger partial charge in [-0.05, 0) is 48.8 Å². The fourth-order valence-corrected chi connectivity index (χ4v) is 3.69. The fourth-order valence-electron chi connectivity index (χ4n) is 3.46. The average molecular weight is 291 g/mol. The van der Waals surface area contributed by atoms with Crippen molar-refractivity contribution in [2.45, 2.75) is 50.8 Å². The van der Waals surface area contributed by atoms with E-state index in [2.05, 4.69) is 31.8 Å². The van der Waals surface area contributed by atoms with Crippen molar-refractivity contribution in [1.82, 2.24) is 5.32 Å². The second-order valence-electron chi connectivity index (χ2n) is 6.54. The molecule has 0 aliphatic heterocycles. The third-order valence-corrected chi connectivity index (χ3v) is 4.52. The zero-order chi connectivity index (χ0) is 14.6. The van der Waals surface area contributed by atoms with Gasteiger partial charge in [-0.2, -0.15) is 0 Å². The minimum atomic E-state index is 0.0240. The molecule has 0 atom stereocenters. The number of hydrogen-bond acceptors (Lipinski definition) is 2. The molecule has 0 bridgehead atoms. The van der Waals surface area contributed by atoms with Gasteiger partial charge in [0.05, 0.1) is 0 Å². The second kappa shape index (κ2) is 6.66. The summed E-state index contributed by atoms with van der Waals surface area (Å²) in [5.74, 6) is 0.710. The number of hydrogen-bond donors (Lipinski definition) is 2. The van der Waals surface area contributed by atoms with Crippen LogP contribution in [0.15, 0.2) is 29.2 Å². The summed E-state index contributed by atoms with van der Waals surface area (Å²) in [6, 6.07) is 7.43. The monoisotopic (exact) mass is 291 g/mol. The highest BCUT2D eigenvalue weighted by atomic mass is 32.1. The Bertz CT molecular complexity index is 464. The van der Waals surface area contributed by atoms with E-state index in [9.17, 15) is 4.79 Å². The standard InChI is InChI=1S/C17H25NOS/c1-13(2)11-17(8-3-4-9-17)12-18-16(19)14-6-5-7-15(20)10-14/h5-7,10,13,20H,3-4,8-9,11-12H2,1-2H3,(H,18,19). The number of thiol groups is 1. The first kappa shape index (κ1) is 15.4. The first-order valence-electron chi connectivity index (χ1n) is 7.58. The summed E-state index contributed by atoms with van der Waals surface area (Å²) in [5.41, 5.74) is 1.03. The third-order valence-electron chi connectivity index (χ3n) is 4.24. The molecule has 1 fully saturated rings. The Kier molecular flexibility index (Phi) is 5.14. The molecule has 1 saturated carbocycles. The van der Waals surface area contributed by atoms with Crippen LogP contribution in [0.4, 0.5) is 0 Å². The Morgan fingerprint density at radius 2 is 2.05 bits per heavy atom. The van der Waals surface area contributed by atoms with Crippen molar-refractivity contribution in [1.29, 1.82) is 0 Å². The van der Waals surface area contributed by atoms with Crippen LogP contribution in [0.2, 0.25) is 0 Å². The number of nitrogens with one attached hydrogen (secondary N) is 1.